The number of nitriles is 2. The van der Waals surface area contributed by atoms with Crippen molar-refractivity contribution in [2.75, 3.05) is 13.7 Å². The van der Waals surface area contributed by atoms with E-state index in [4.69, 9.17) is 9.47 Å². The predicted octanol–water partition coefficient (Wildman–Crippen LogP) is 2.21. The smallest absolute Gasteiger partial charge is 0.317 e. The van der Waals surface area contributed by atoms with Gasteiger partial charge in [-0.3, -0.25) is 9.59 Å². The number of Topliss-reactive ketones (excluding diaryl/α,β-unsaturated/α-hetero) is 1. The van der Waals surface area contributed by atoms with Gasteiger partial charge in [-0.25, -0.2) is 0 Å². The van der Waals surface area contributed by atoms with Gasteiger partial charge in [0.05, 0.1) is 25.9 Å². The van der Waals surface area contributed by atoms with Crippen LogP contribution < -0.4 is 4.74 Å². The van der Waals surface area contributed by atoms with Gasteiger partial charge in [0.15, 0.2) is 0 Å². The molecular formula is C17H18N2O4. The topological polar surface area (TPSA) is 100 Å². The predicted molar refractivity (Wildman–Crippen MR) is 81.3 cm³/mol. The van der Waals surface area contributed by atoms with Crippen molar-refractivity contribution in [2.24, 2.45) is 11.8 Å². The third-order valence-electron chi connectivity index (χ3n) is 3.48. The highest BCUT2D eigenvalue weighted by Gasteiger charge is 2.40. The van der Waals surface area contributed by atoms with Crippen LogP contribution in [-0.2, 0) is 14.3 Å². The summed E-state index contributed by atoms with van der Waals surface area (Å²) < 4.78 is 10.0. The Labute approximate surface area is 135 Å². The zero-order valence-corrected chi connectivity index (χ0v) is 13.3. The number of hydrogen-bond acceptors (Lipinski definition) is 6. The van der Waals surface area contributed by atoms with Crippen molar-refractivity contribution in [3.05, 3.63) is 29.8 Å². The minimum atomic E-state index is -1.20. The molecule has 1 aromatic rings. The van der Waals surface area contributed by atoms with Gasteiger partial charge in [0.2, 0.25) is 0 Å². The van der Waals surface area contributed by atoms with Crippen LogP contribution >= 0.6 is 0 Å². The second kappa shape index (κ2) is 8.55. The molecule has 0 aliphatic carbocycles. The summed E-state index contributed by atoms with van der Waals surface area (Å²) >= 11 is 0. The van der Waals surface area contributed by atoms with Gasteiger partial charge < -0.3 is 9.47 Å². The molecule has 1 rings (SSSR count). The molecule has 1 aromatic carbocycles. The summed E-state index contributed by atoms with van der Waals surface area (Å²) in [6, 6.07) is 10.3. The summed E-state index contributed by atoms with van der Waals surface area (Å²) in [6.07, 6.45) is 0. The molecule has 0 aliphatic heterocycles. The quantitative estimate of drug-likeness (QED) is 0.565. The van der Waals surface area contributed by atoms with Gasteiger partial charge in [-0.1, -0.05) is 12.1 Å². The minimum Gasteiger partial charge on any atom is -0.497 e. The van der Waals surface area contributed by atoms with Crippen LogP contribution in [0.3, 0.4) is 0 Å². The number of hydrogen-bond donors (Lipinski definition) is 0. The fourth-order valence-electron chi connectivity index (χ4n) is 2.39. The van der Waals surface area contributed by atoms with Gasteiger partial charge in [-0.05, 0) is 31.5 Å². The Morgan fingerprint density at radius 1 is 1.17 bits per heavy atom. The second-order valence-corrected chi connectivity index (χ2v) is 4.88. The minimum absolute atomic E-state index is 0.113. The van der Waals surface area contributed by atoms with Crippen molar-refractivity contribution in [1.82, 2.24) is 0 Å². The first-order valence-corrected chi connectivity index (χ1v) is 7.10. The summed E-state index contributed by atoms with van der Waals surface area (Å²) in [5, 5.41) is 18.5. The molecule has 2 atom stereocenters. The molecule has 0 spiro atoms. The Hall–Kier alpha value is -2.86. The van der Waals surface area contributed by atoms with E-state index >= 15 is 0 Å². The van der Waals surface area contributed by atoms with Crippen LogP contribution in [0, 0.1) is 34.5 Å². The molecule has 0 N–H and O–H groups in total. The number of carbonyl (C=O) groups excluding carboxylic acids is 2. The van der Waals surface area contributed by atoms with E-state index in [0.717, 1.165) is 0 Å². The average Bonchev–Trinajstić information content (AvgIpc) is 2.55. The van der Waals surface area contributed by atoms with Crippen LogP contribution in [0.1, 0.15) is 25.3 Å². The first kappa shape index (κ1) is 18.2. The number of benzene rings is 1. The fraction of sp³-hybridized carbons (Fsp3) is 0.412. The number of nitrogens with zero attached hydrogens (tertiary/aromatic N) is 2. The highest BCUT2D eigenvalue weighted by atomic mass is 16.5. The summed E-state index contributed by atoms with van der Waals surface area (Å²) in [6.45, 7) is 3.00. The van der Waals surface area contributed by atoms with Gasteiger partial charge in [0, 0.05) is 5.92 Å². The Morgan fingerprint density at radius 2 is 1.74 bits per heavy atom. The van der Waals surface area contributed by atoms with E-state index in [-0.39, 0.29) is 6.61 Å². The zero-order chi connectivity index (χ0) is 17.4. The van der Waals surface area contributed by atoms with Crippen molar-refractivity contribution >= 4 is 11.8 Å². The first-order chi connectivity index (χ1) is 11.0. The molecule has 120 valence electrons. The molecule has 6 nitrogen and oxygen atoms in total. The number of rotatable bonds is 7. The van der Waals surface area contributed by atoms with Crippen molar-refractivity contribution in [2.45, 2.75) is 19.8 Å². The van der Waals surface area contributed by atoms with Crippen LogP contribution in [0.5, 0.6) is 5.75 Å². The molecule has 0 saturated carbocycles. The lowest BCUT2D eigenvalue weighted by Gasteiger charge is -2.24. The standard InChI is InChI=1S/C17H18N2O4/c1-4-23-17(21)15(11(2)20)16(13(9-18)10-19)12-5-7-14(22-3)8-6-12/h5-8,13,15-16H,4H2,1-3H3/t15-,16-/m1/s1. The van der Waals surface area contributed by atoms with Crippen LogP contribution in [0.2, 0.25) is 0 Å². The van der Waals surface area contributed by atoms with E-state index in [1.54, 1.807) is 31.2 Å². The molecule has 0 unspecified atom stereocenters. The van der Waals surface area contributed by atoms with Crippen LogP contribution in [0.15, 0.2) is 24.3 Å². The number of esters is 1. The molecule has 0 aromatic heterocycles. The molecule has 0 bridgehead atoms. The maximum atomic E-state index is 12.2. The first-order valence-electron chi connectivity index (χ1n) is 7.10. The normalized spacial score (nSPS) is 12.6. The lowest BCUT2D eigenvalue weighted by molar-refractivity contribution is -0.152. The summed E-state index contributed by atoms with van der Waals surface area (Å²) in [4.78, 5) is 24.2. The molecule has 6 heteroatoms. The van der Waals surface area contributed by atoms with E-state index < -0.39 is 29.5 Å². The Balaban J connectivity index is 3.37. The molecule has 0 saturated heterocycles. The molecule has 0 fully saturated rings. The molecule has 0 heterocycles. The molecule has 0 radical (unpaired) electrons. The van der Waals surface area contributed by atoms with Gasteiger partial charge in [-0.2, -0.15) is 10.5 Å². The Bertz CT molecular complexity index is 626. The average molecular weight is 314 g/mol. The molecule has 0 aliphatic rings. The zero-order valence-electron chi connectivity index (χ0n) is 13.3. The van der Waals surface area contributed by atoms with E-state index in [1.165, 1.54) is 14.0 Å². The van der Waals surface area contributed by atoms with Gasteiger partial charge >= 0.3 is 5.97 Å². The monoisotopic (exact) mass is 314 g/mol. The van der Waals surface area contributed by atoms with E-state index in [1.807, 2.05) is 12.1 Å². The van der Waals surface area contributed by atoms with Crippen LogP contribution in [0.4, 0.5) is 0 Å². The SMILES string of the molecule is CCOC(=O)[C@H](C(C)=O)[C@H](c1ccc(OC)cc1)C(C#N)C#N. The van der Waals surface area contributed by atoms with Gasteiger partial charge in [-0.15, -0.1) is 0 Å². The lowest BCUT2D eigenvalue weighted by Crippen LogP contribution is -2.33. The highest BCUT2D eigenvalue weighted by Crippen LogP contribution is 2.34. The number of carbonyl (C=O) groups is 2. The van der Waals surface area contributed by atoms with E-state index in [9.17, 15) is 20.1 Å². The Kier molecular flexibility index (Phi) is 6.76. The fourth-order valence-corrected chi connectivity index (χ4v) is 2.39. The molecular weight excluding hydrogens is 296 g/mol. The van der Waals surface area contributed by atoms with Crippen molar-refractivity contribution in [3.63, 3.8) is 0 Å². The summed E-state index contributed by atoms with van der Waals surface area (Å²) in [5.74, 6) is -3.83. The maximum absolute atomic E-state index is 12.2. The number of ketones is 1. The lowest BCUT2D eigenvalue weighted by atomic mass is 9.76. The third kappa shape index (κ3) is 4.31. The Morgan fingerprint density at radius 3 is 2.13 bits per heavy atom. The van der Waals surface area contributed by atoms with Crippen molar-refractivity contribution < 1.29 is 19.1 Å². The third-order valence-corrected chi connectivity index (χ3v) is 3.48. The largest absolute Gasteiger partial charge is 0.497 e. The van der Waals surface area contributed by atoms with Crippen molar-refractivity contribution in [3.8, 4) is 17.9 Å². The summed E-state index contributed by atoms with van der Waals surface area (Å²) in [7, 11) is 1.51. The van der Waals surface area contributed by atoms with E-state index in [0.29, 0.717) is 11.3 Å². The van der Waals surface area contributed by atoms with Crippen LogP contribution in [0.25, 0.3) is 0 Å². The highest BCUT2D eigenvalue weighted by molar-refractivity contribution is 5.99. The van der Waals surface area contributed by atoms with Crippen molar-refractivity contribution in [1.29, 1.82) is 10.5 Å². The molecule has 0 amide bonds. The number of methoxy groups -OCH3 is 1. The summed E-state index contributed by atoms with van der Waals surface area (Å²) in [5.41, 5.74) is 0.534. The van der Waals surface area contributed by atoms with E-state index in [2.05, 4.69) is 0 Å². The number of ether oxygens (including phenoxy) is 2. The molecule has 23 heavy (non-hydrogen) atoms. The van der Waals surface area contributed by atoms with Gasteiger partial charge in [0.1, 0.15) is 23.4 Å². The maximum Gasteiger partial charge on any atom is 0.317 e. The van der Waals surface area contributed by atoms with Crippen LogP contribution in [-0.4, -0.2) is 25.5 Å². The van der Waals surface area contributed by atoms with Gasteiger partial charge in [0.25, 0.3) is 0 Å². The second-order valence-electron chi connectivity index (χ2n) is 4.88.